The van der Waals surface area contributed by atoms with E-state index in [4.69, 9.17) is 0 Å². The van der Waals surface area contributed by atoms with Gasteiger partial charge in [-0.3, -0.25) is 0 Å². The van der Waals surface area contributed by atoms with E-state index < -0.39 is 0 Å². The fourth-order valence-electron chi connectivity index (χ4n) is 0.853. The molecule has 0 aliphatic carbocycles. The molecular formula is C8H18N2O. The highest BCUT2D eigenvalue weighted by atomic mass is 16.6. The maximum atomic E-state index is 4.64. The third-order valence-corrected chi connectivity index (χ3v) is 1.39. The van der Waals surface area contributed by atoms with Gasteiger partial charge >= 0.3 is 0 Å². The predicted molar refractivity (Wildman–Crippen MR) is 47.9 cm³/mol. The summed E-state index contributed by atoms with van der Waals surface area (Å²) < 4.78 is 0. The lowest BCUT2D eigenvalue weighted by Crippen LogP contribution is -2.13. The number of hydrogen-bond acceptors (Lipinski definition) is 3. The standard InChI is InChI=1S/C8H18N2O/c1-8(9-11-4)6-5-7-10(2)3/h5-7H2,1-4H3. The van der Waals surface area contributed by atoms with Gasteiger partial charge in [0.2, 0.25) is 0 Å². The van der Waals surface area contributed by atoms with Crippen LogP contribution in [0.4, 0.5) is 0 Å². The minimum Gasteiger partial charge on any atom is -0.399 e. The fraction of sp³-hybridized carbons (Fsp3) is 0.875. The first kappa shape index (κ1) is 10.4. The SMILES string of the molecule is CON=C(C)CCCN(C)C. The molecule has 0 saturated heterocycles. The third kappa shape index (κ3) is 7.33. The normalized spacial score (nSPS) is 12.3. The van der Waals surface area contributed by atoms with Crippen LogP contribution in [0, 0.1) is 0 Å². The van der Waals surface area contributed by atoms with E-state index in [2.05, 4.69) is 29.0 Å². The van der Waals surface area contributed by atoms with Gasteiger partial charge in [0.15, 0.2) is 0 Å². The molecule has 0 rings (SSSR count). The van der Waals surface area contributed by atoms with Gasteiger partial charge in [0.1, 0.15) is 7.11 Å². The summed E-state index contributed by atoms with van der Waals surface area (Å²) in [6, 6.07) is 0. The second-order valence-corrected chi connectivity index (χ2v) is 2.92. The molecule has 3 nitrogen and oxygen atoms in total. The van der Waals surface area contributed by atoms with Crippen molar-refractivity contribution in [3.63, 3.8) is 0 Å². The molecule has 66 valence electrons. The number of oxime groups is 1. The summed E-state index contributed by atoms with van der Waals surface area (Å²) in [7, 11) is 5.72. The molecule has 3 heteroatoms. The first-order valence-electron chi connectivity index (χ1n) is 3.88. The zero-order valence-corrected chi connectivity index (χ0v) is 7.92. The van der Waals surface area contributed by atoms with Gasteiger partial charge in [-0.25, -0.2) is 0 Å². The zero-order chi connectivity index (χ0) is 8.69. The maximum absolute atomic E-state index is 4.64. The molecule has 0 N–H and O–H groups in total. The molecule has 0 radical (unpaired) electrons. The van der Waals surface area contributed by atoms with Crippen LogP contribution in [0.15, 0.2) is 5.16 Å². The van der Waals surface area contributed by atoms with Gasteiger partial charge in [0.05, 0.1) is 5.71 Å². The van der Waals surface area contributed by atoms with Crippen LogP contribution < -0.4 is 0 Å². The van der Waals surface area contributed by atoms with Gasteiger partial charge in [-0.15, -0.1) is 0 Å². The number of hydrogen-bond donors (Lipinski definition) is 0. The summed E-state index contributed by atoms with van der Waals surface area (Å²) in [5, 5.41) is 3.82. The lowest BCUT2D eigenvalue weighted by Gasteiger charge is -2.07. The van der Waals surface area contributed by atoms with Crippen molar-refractivity contribution in [3.8, 4) is 0 Å². The largest absolute Gasteiger partial charge is 0.399 e. The molecule has 0 amide bonds. The third-order valence-electron chi connectivity index (χ3n) is 1.39. The Kier molecular flexibility index (Phi) is 5.84. The highest BCUT2D eigenvalue weighted by molar-refractivity contribution is 5.81. The van der Waals surface area contributed by atoms with E-state index in [0.717, 1.165) is 25.1 Å². The summed E-state index contributed by atoms with van der Waals surface area (Å²) in [5.74, 6) is 0. The number of rotatable bonds is 5. The molecule has 0 bridgehead atoms. The van der Waals surface area contributed by atoms with Gasteiger partial charge in [-0.2, -0.15) is 0 Å². The quantitative estimate of drug-likeness (QED) is 0.445. The summed E-state index contributed by atoms with van der Waals surface area (Å²) in [6.45, 7) is 3.09. The van der Waals surface area contributed by atoms with E-state index in [1.54, 1.807) is 7.11 Å². The van der Waals surface area contributed by atoms with Crippen LogP contribution in [0.3, 0.4) is 0 Å². The van der Waals surface area contributed by atoms with Crippen LogP contribution in [-0.2, 0) is 4.84 Å². The van der Waals surface area contributed by atoms with Gasteiger partial charge < -0.3 is 9.74 Å². The van der Waals surface area contributed by atoms with Crippen molar-refractivity contribution >= 4 is 5.71 Å². The van der Waals surface area contributed by atoms with Crippen molar-refractivity contribution in [2.75, 3.05) is 27.7 Å². The fourth-order valence-corrected chi connectivity index (χ4v) is 0.853. The Bertz CT molecular complexity index is 121. The van der Waals surface area contributed by atoms with Crippen molar-refractivity contribution in [1.29, 1.82) is 0 Å². The Morgan fingerprint density at radius 2 is 2.09 bits per heavy atom. The Morgan fingerprint density at radius 1 is 1.45 bits per heavy atom. The first-order chi connectivity index (χ1) is 5.16. The van der Waals surface area contributed by atoms with Crippen LogP contribution in [-0.4, -0.2) is 38.4 Å². The van der Waals surface area contributed by atoms with Gasteiger partial charge in [-0.05, 0) is 40.4 Å². The molecule has 11 heavy (non-hydrogen) atoms. The van der Waals surface area contributed by atoms with Crippen molar-refractivity contribution in [3.05, 3.63) is 0 Å². The highest BCUT2D eigenvalue weighted by Crippen LogP contribution is 1.94. The topological polar surface area (TPSA) is 24.8 Å². The molecule has 0 atom stereocenters. The van der Waals surface area contributed by atoms with E-state index in [9.17, 15) is 0 Å². The van der Waals surface area contributed by atoms with E-state index in [1.807, 2.05) is 6.92 Å². The molecule has 0 heterocycles. The minimum absolute atomic E-state index is 1.02. The Balaban J connectivity index is 3.31. The Labute approximate surface area is 69.0 Å². The Hall–Kier alpha value is -0.570. The highest BCUT2D eigenvalue weighted by Gasteiger charge is 1.93. The van der Waals surface area contributed by atoms with Crippen molar-refractivity contribution in [2.45, 2.75) is 19.8 Å². The molecule has 0 aliphatic rings. The minimum atomic E-state index is 1.02. The Morgan fingerprint density at radius 3 is 2.55 bits per heavy atom. The second kappa shape index (κ2) is 6.16. The lowest BCUT2D eigenvalue weighted by molar-refractivity contribution is 0.212. The molecule has 0 saturated carbocycles. The van der Waals surface area contributed by atoms with Crippen LogP contribution in [0.5, 0.6) is 0 Å². The molecule has 0 aromatic carbocycles. The van der Waals surface area contributed by atoms with Crippen molar-refractivity contribution in [1.82, 2.24) is 4.90 Å². The molecule has 0 fully saturated rings. The average Bonchev–Trinajstić information content (AvgIpc) is 1.87. The maximum Gasteiger partial charge on any atom is 0.106 e. The van der Waals surface area contributed by atoms with Crippen molar-refractivity contribution < 1.29 is 4.84 Å². The summed E-state index contributed by atoms with van der Waals surface area (Å²) in [6.07, 6.45) is 2.16. The zero-order valence-electron chi connectivity index (χ0n) is 7.92. The summed E-state index contributed by atoms with van der Waals surface area (Å²) >= 11 is 0. The average molecular weight is 158 g/mol. The van der Waals surface area contributed by atoms with E-state index in [1.165, 1.54) is 0 Å². The van der Waals surface area contributed by atoms with E-state index >= 15 is 0 Å². The van der Waals surface area contributed by atoms with Crippen molar-refractivity contribution in [2.24, 2.45) is 5.16 Å². The van der Waals surface area contributed by atoms with Gasteiger partial charge in [0.25, 0.3) is 0 Å². The van der Waals surface area contributed by atoms with E-state index in [-0.39, 0.29) is 0 Å². The summed E-state index contributed by atoms with van der Waals surface area (Å²) in [4.78, 5) is 6.80. The van der Waals surface area contributed by atoms with Crippen LogP contribution >= 0.6 is 0 Å². The number of nitrogens with zero attached hydrogens (tertiary/aromatic N) is 2. The first-order valence-corrected chi connectivity index (χ1v) is 3.88. The van der Waals surface area contributed by atoms with Crippen LogP contribution in [0.25, 0.3) is 0 Å². The van der Waals surface area contributed by atoms with Gasteiger partial charge in [0, 0.05) is 0 Å². The summed E-state index contributed by atoms with van der Waals surface area (Å²) in [5.41, 5.74) is 1.06. The molecule has 0 aromatic rings. The molecular weight excluding hydrogens is 140 g/mol. The smallest absolute Gasteiger partial charge is 0.106 e. The molecule has 0 unspecified atom stereocenters. The predicted octanol–water partition coefficient (Wildman–Crippen LogP) is 1.35. The molecule has 0 aromatic heterocycles. The monoisotopic (exact) mass is 158 g/mol. The van der Waals surface area contributed by atoms with E-state index in [0.29, 0.717) is 0 Å². The molecule has 0 aliphatic heterocycles. The van der Waals surface area contributed by atoms with Gasteiger partial charge in [-0.1, -0.05) is 5.16 Å². The molecule has 0 spiro atoms. The van der Waals surface area contributed by atoms with Crippen LogP contribution in [0.2, 0.25) is 0 Å². The lowest BCUT2D eigenvalue weighted by atomic mass is 10.2. The van der Waals surface area contributed by atoms with Crippen LogP contribution in [0.1, 0.15) is 19.8 Å². The second-order valence-electron chi connectivity index (χ2n) is 2.92.